The van der Waals surface area contributed by atoms with Gasteiger partial charge in [-0.15, -0.1) is 0 Å². The van der Waals surface area contributed by atoms with Crippen LogP contribution in [0, 0.1) is 12.8 Å². The van der Waals surface area contributed by atoms with Crippen molar-refractivity contribution in [2.45, 2.75) is 65.3 Å². The molecule has 0 unspecified atom stereocenters. The summed E-state index contributed by atoms with van der Waals surface area (Å²) in [7, 11) is 0. The Morgan fingerprint density at radius 3 is 2.53 bits per heavy atom. The van der Waals surface area contributed by atoms with E-state index in [2.05, 4.69) is 5.10 Å². The van der Waals surface area contributed by atoms with Gasteiger partial charge in [-0.2, -0.15) is 5.10 Å². The van der Waals surface area contributed by atoms with E-state index in [1.807, 2.05) is 18.5 Å². The number of carbonyl (C=O) groups excluding carboxylic acids is 1. The first-order valence-corrected chi connectivity index (χ1v) is 7.75. The molecule has 1 heterocycles. The molecule has 0 saturated heterocycles. The molecule has 0 spiro atoms. The largest absolute Gasteiger partial charge is 0.299 e. The third-order valence-corrected chi connectivity index (χ3v) is 4.60. The van der Waals surface area contributed by atoms with Gasteiger partial charge in [-0.3, -0.25) is 9.48 Å². The molecule has 3 nitrogen and oxygen atoms in total. The summed E-state index contributed by atoms with van der Waals surface area (Å²) >= 11 is 6.27. The van der Waals surface area contributed by atoms with Gasteiger partial charge in [0, 0.05) is 12.5 Å². The van der Waals surface area contributed by atoms with Crippen molar-refractivity contribution in [1.29, 1.82) is 0 Å². The zero-order valence-electron chi connectivity index (χ0n) is 11.9. The van der Waals surface area contributed by atoms with Crippen LogP contribution in [0.4, 0.5) is 0 Å². The normalized spacial score (nSPS) is 17.4. The van der Waals surface area contributed by atoms with Gasteiger partial charge in [0.2, 0.25) is 0 Å². The van der Waals surface area contributed by atoms with Crippen LogP contribution in [0.15, 0.2) is 0 Å². The minimum absolute atomic E-state index is 0.235. The van der Waals surface area contributed by atoms with E-state index in [4.69, 9.17) is 11.6 Å². The fourth-order valence-electron chi connectivity index (χ4n) is 2.95. The molecule has 0 aromatic carbocycles. The van der Waals surface area contributed by atoms with Crippen molar-refractivity contribution in [2.75, 3.05) is 0 Å². The minimum atomic E-state index is 0.235. The lowest BCUT2D eigenvalue weighted by Gasteiger charge is -2.13. The van der Waals surface area contributed by atoms with Gasteiger partial charge in [0.1, 0.15) is 5.78 Å². The molecule has 1 saturated carbocycles. The molecule has 0 amide bonds. The van der Waals surface area contributed by atoms with Crippen LogP contribution < -0.4 is 0 Å². The lowest BCUT2D eigenvalue weighted by atomic mass is 9.93. The molecule has 1 aromatic heterocycles. The van der Waals surface area contributed by atoms with Crippen LogP contribution in [0.5, 0.6) is 0 Å². The smallest absolute Gasteiger partial charge is 0.141 e. The summed E-state index contributed by atoms with van der Waals surface area (Å²) in [6.07, 6.45) is 7.48. The number of hydrogen-bond acceptors (Lipinski definition) is 2. The Kier molecular flexibility index (Phi) is 5.03. The Hall–Kier alpha value is -0.830. The van der Waals surface area contributed by atoms with Crippen molar-refractivity contribution < 1.29 is 4.79 Å². The summed E-state index contributed by atoms with van der Waals surface area (Å²) in [5.41, 5.74) is 1.73. The summed E-state index contributed by atoms with van der Waals surface area (Å²) in [6.45, 7) is 4.69. The Morgan fingerprint density at radius 1 is 1.32 bits per heavy atom. The Balaban J connectivity index is 2.09. The zero-order valence-corrected chi connectivity index (χ0v) is 12.7. The molecule has 19 heavy (non-hydrogen) atoms. The number of rotatable bonds is 4. The summed E-state index contributed by atoms with van der Waals surface area (Å²) < 4.78 is 1.87. The molecule has 2 rings (SSSR count). The van der Waals surface area contributed by atoms with Crippen LogP contribution >= 0.6 is 11.6 Å². The molecule has 0 bridgehead atoms. The number of ketones is 1. The molecular weight excluding hydrogens is 260 g/mol. The Labute approximate surface area is 120 Å². The van der Waals surface area contributed by atoms with E-state index in [1.165, 1.54) is 25.7 Å². The van der Waals surface area contributed by atoms with E-state index in [1.54, 1.807) is 0 Å². The first-order chi connectivity index (χ1) is 9.13. The van der Waals surface area contributed by atoms with Gasteiger partial charge < -0.3 is 0 Å². The van der Waals surface area contributed by atoms with Crippen molar-refractivity contribution in [3.63, 3.8) is 0 Å². The first kappa shape index (κ1) is 14.6. The second kappa shape index (κ2) is 6.56. The van der Waals surface area contributed by atoms with E-state index in [9.17, 15) is 4.79 Å². The second-order valence-corrected chi connectivity index (χ2v) is 5.87. The molecule has 1 aromatic rings. The number of carbonyl (C=O) groups is 1. The van der Waals surface area contributed by atoms with Crippen LogP contribution in [0.1, 0.15) is 56.8 Å². The molecular formula is C15H23ClN2O. The average molecular weight is 283 g/mol. The highest BCUT2D eigenvalue weighted by Gasteiger charge is 2.23. The lowest BCUT2D eigenvalue weighted by Crippen LogP contribution is -2.18. The number of aryl methyl sites for hydroxylation is 2. The number of halogens is 1. The summed E-state index contributed by atoms with van der Waals surface area (Å²) in [5.74, 6) is 0.581. The van der Waals surface area contributed by atoms with Gasteiger partial charge in [0.05, 0.1) is 22.8 Å². The first-order valence-electron chi connectivity index (χ1n) is 7.38. The van der Waals surface area contributed by atoms with E-state index < -0.39 is 0 Å². The molecule has 1 aliphatic carbocycles. The van der Waals surface area contributed by atoms with E-state index >= 15 is 0 Å². The van der Waals surface area contributed by atoms with Crippen LogP contribution in [-0.4, -0.2) is 15.6 Å². The van der Waals surface area contributed by atoms with Gasteiger partial charge in [-0.1, -0.05) is 37.3 Å². The fraction of sp³-hybridized carbons (Fsp3) is 0.733. The molecule has 0 aliphatic heterocycles. The number of hydrogen-bond donors (Lipinski definition) is 0. The number of Topliss-reactive ketones (excluding diaryl/α,β-unsaturated/α-hetero) is 1. The highest BCUT2D eigenvalue weighted by atomic mass is 35.5. The summed E-state index contributed by atoms with van der Waals surface area (Å²) in [6, 6.07) is 0. The lowest BCUT2D eigenvalue weighted by molar-refractivity contribution is -0.122. The second-order valence-electron chi connectivity index (χ2n) is 5.49. The summed E-state index contributed by atoms with van der Waals surface area (Å²) in [4.78, 5) is 12.5. The highest BCUT2D eigenvalue weighted by Crippen LogP contribution is 2.27. The highest BCUT2D eigenvalue weighted by molar-refractivity contribution is 6.32. The molecule has 106 valence electrons. The SMILES string of the molecule is CCn1nc(C)c(Cl)c1CC(=O)C1CCCCCC1. The molecule has 0 radical (unpaired) electrons. The molecule has 1 fully saturated rings. The molecule has 0 atom stereocenters. The van der Waals surface area contributed by atoms with Gasteiger partial charge in [0.25, 0.3) is 0 Å². The molecule has 1 aliphatic rings. The van der Waals surface area contributed by atoms with Crippen molar-refractivity contribution in [3.05, 3.63) is 16.4 Å². The molecule has 4 heteroatoms. The van der Waals surface area contributed by atoms with Crippen LogP contribution in [0.25, 0.3) is 0 Å². The van der Waals surface area contributed by atoms with Gasteiger partial charge in [-0.05, 0) is 26.7 Å². The fourth-order valence-corrected chi connectivity index (χ4v) is 3.15. The zero-order chi connectivity index (χ0) is 13.8. The van der Waals surface area contributed by atoms with Crippen LogP contribution in [0.2, 0.25) is 5.02 Å². The quantitative estimate of drug-likeness (QED) is 0.784. The summed E-state index contributed by atoms with van der Waals surface area (Å²) in [5, 5.41) is 5.05. The third kappa shape index (κ3) is 3.38. The predicted octanol–water partition coefficient (Wildman–Crippen LogP) is 3.95. The standard InChI is InChI=1S/C15H23ClN2O/c1-3-18-13(15(16)11(2)17-18)10-14(19)12-8-6-4-5-7-9-12/h12H,3-10H2,1-2H3. The number of aromatic nitrogens is 2. The van der Waals surface area contributed by atoms with Crippen molar-refractivity contribution in [2.24, 2.45) is 5.92 Å². The van der Waals surface area contributed by atoms with Crippen LogP contribution in [-0.2, 0) is 17.8 Å². The van der Waals surface area contributed by atoms with Crippen molar-refractivity contribution in [3.8, 4) is 0 Å². The van der Waals surface area contributed by atoms with E-state index in [0.29, 0.717) is 17.2 Å². The maximum Gasteiger partial charge on any atom is 0.141 e. The maximum absolute atomic E-state index is 12.5. The van der Waals surface area contributed by atoms with Crippen molar-refractivity contribution in [1.82, 2.24) is 9.78 Å². The van der Waals surface area contributed by atoms with Gasteiger partial charge in [-0.25, -0.2) is 0 Å². The van der Waals surface area contributed by atoms with Crippen molar-refractivity contribution >= 4 is 17.4 Å². The van der Waals surface area contributed by atoms with Gasteiger partial charge in [0.15, 0.2) is 0 Å². The Bertz CT molecular complexity index is 445. The van der Waals surface area contributed by atoms with E-state index in [-0.39, 0.29) is 5.92 Å². The van der Waals surface area contributed by atoms with Crippen LogP contribution in [0.3, 0.4) is 0 Å². The minimum Gasteiger partial charge on any atom is -0.299 e. The predicted molar refractivity (Wildman–Crippen MR) is 77.6 cm³/mol. The maximum atomic E-state index is 12.5. The molecule has 0 N–H and O–H groups in total. The topological polar surface area (TPSA) is 34.9 Å². The average Bonchev–Trinajstić information content (AvgIpc) is 2.65. The monoisotopic (exact) mass is 282 g/mol. The van der Waals surface area contributed by atoms with Gasteiger partial charge >= 0.3 is 0 Å². The van der Waals surface area contributed by atoms with E-state index in [0.717, 1.165) is 30.8 Å². The third-order valence-electron chi connectivity index (χ3n) is 4.11. The Morgan fingerprint density at radius 2 is 1.95 bits per heavy atom. The number of nitrogens with zero attached hydrogens (tertiary/aromatic N) is 2.